The molecule has 1 fully saturated rings. The predicted molar refractivity (Wildman–Crippen MR) is 89.0 cm³/mol. The quantitative estimate of drug-likeness (QED) is 0.873. The number of nitrogens with zero attached hydrogens (tertiary/aromatic N) is 3. The van der Waals surface area contributed by atoms with Crippen molar-refractivity contribution in [2.24, 2.45) is 0 Å². The minimum Gasteiger partial charge on any atom is -0.370 e. The van der Waals surface area contributed by atoms with Gasteiger partial charge in [0.15, 0.2) is 0 Å². The summed E-state index contributed by atoms with van der Waals surface area (Å²) < 4.78 is 0. The van der Waals surface area contributed by atoms with Crippen molar-refractivity contribution in [1.82, 2.24) is 14.9 Å². The number of hydrogen-bond acceptors (Lipinski definition) is 5. The second kappa shape index (κ2) is 6.60. The first kappa shape index (κ1) is 16.0. The molecule has 21 heavy (non-hydrogen) atoms. The van der Waals surface area contributed by atoms with Crippen molar-refractivity contribution in [3.05, 3.63) is 11.9 Å². The second-order valence-electron chi connectivity index (χ2n) is 7.03. The maximum absolute atomic E-state index is 4.72. The summed E-state index contributed by atoms with van der Waals surface area (Å²) in [4.78, 5) is 11.7. The molecule has 2 heterocycles. The molecule has 1 atom stereocenters. The van der Waals surface area contributed by atoms with Gasteiger partial charge in [0, 0.05) is 30.6 Å². The van der Waals surface area contributed by atoms with Gasteiger partial charge in [0.05, 0.1) is 0 Å². The molecule has 2 N–H and O–H groups in total. The van der Waals surface area contributed by atoms with E-state index in [1.54, 1.807) is 0 Å². The van der Waals surface area contributed by atoms with Crippen LogP contribution in [0.25, 0.3) is 0 Å². The van der Waals surface area contributed by atoms with Crippen molar-refractivity contribution >= 4 is 11.6 Å². The standard InChI is InChI=1S/C16H29N5/c1-6-8-17-13-10-14(18-12-7-9-21(5)11-12)20-15(19-13)16(2,3)4/h10,12H,6-9,11H2,1-5H3,(H2,17,18,19,20). The maximum atomic E-state index is 4.72. The lowest BCUT2D eigenvalue weighted by Crippen LogP contribution is -2.25. The van der Waals surface area contributed by atoms with Crippen LogP contribution in [0.5, 0.6) is 0 Å². The van der Waals surface area contributed by atoms with Crippen LogP contribution in [-0.4, -0.2) is 47.6 Å². The largest absolute Gasteiger partial charge is 0.370 e. The van der Waals surface area contributed by atoms with Crippen LogP contribution in [0.3, 0.4) is 0 Å². The van der Waals surface area contributed by atoms with Crippen molar-refractivity contribution < 1.29 is 0 Å². The molecule has 0 amide bonds. The lowest BCUT2D eigenvalue weighted by Gasteiger charge is -2.21. The molecule has 0 saturated carbocycles. The van der Waals surface area contributed by atoms with Crippen molar-refractivity contribution in [1.29, 1.82) is 0 Å². The number of aromatic nitrogens is 2. The Balaban J connectivity index is 2.18. The summed E-state index contributed by atoms with van der Waals surface area (Å²) in [5.41, 5.74) is -0.0488. The third kappa shape index (κ3) is 4.56. The highest BCUT2D eigenvalue weighted by Crippen LogP contribution is 2.23. The van der Waals surface area contributed by atoms with E-state index in [9.17, 15) is 0 Å². The number of likely N-dealkylation sites (N-methyl/N-ethyl adjacent to an activating group) is 1. The Hall–Kier alpha value is -1.36. The van der Waals surface area contributed by atoms with E-state index in [0.29, 0.717) is 6.04 Å². The zero-order valence-corrected chi connectivity index (χ0v) is 14.0. The predicted octanol–water partition coefficient (Wildman–Crippen LogP) is 2.71. The van der Waals surface area contributed by atoms with Gasteiger partial charge in [0.25, 0.3) is 0 Å². The Morgan fingerprint density at radius 1 is 1.29 bits per heavy atom. The van der Waals surface area contributed by atoms with E-state index in [0.717, 1.165) is 43.5 Å². The van der Waals surface area contributed by atoms with E-state index in [-0.39, 0.29) is 5.41 Å². The normalized spacial score (nSPS) is 19.8. The lowest BCUT2D eigenvalue weighted by atomic mass is 9.96. The molecule has 1 aromatic rings. The Morgan fingerprint density at radius 2 is 2.00 bits per heavy atom. The summed E-state index contributed by atoms with van der Waals surface area (Å²) >= 11 is 0. The number of rotatable bonds is 5. The maximum Gasteiger partial charge on any atom is 0.138 e. The van der Waals surface area contributed by atoms with Gasteiger partial charge < -0.3 is 15.5 Å². The van der Waals surface area contributed by atoms with E-state index in [4.69, 9.17) is 4.98 Å². The lowest BCUT2D eigenvalue weighted by molar-refractivity contribution is 0.414. The van der Waals surface area contributed by atoms with Gasteiger partial charge in [-0.1, -0.05) is 27.7 Å². The van der Waals surface area contributed by atoms with Crippen LogP contribution in [0.15, 0.2) is 6.07 Å². The molecule has 5 nitrogen and oxygen atoms in total. The highest BCUT2D eigenvalue weighted by molar-refractivity contribution is 5.49. The van der Waals surface area contributed by atoms with Gasteiger partial charge in [-0.15, -0.1) is 0 Å². The summed E-state index contributed by atoms with van der Waals surface area (Å²) in [6, 6.07) is 2.51. The van der Waals surface area contributed by atoms with Crippen molar-refractivity contribution in [3.63, 3.8) is 0 Å². The first-order chi connectivity index (χ1) is 9.88. The molecule has 0 aliphatic carbocycles. The molecule has 0 bridgehead atoms. The smallest absolute Gasteiger partial charge is 0.138 e. The van der Waals surface area contributed by atoms with Gasteiger partial charge in [0.2, 0.25) is 0 Å². The van der Waals surface area contributed by atoms with Crippen molar-refractivity contribution in [3.8, 4) is 0 Å². The molecule has 1 aliphatic rings. The van der Waals surface area contributed by atoms with Gasteiger partial charge in [0.1, 0.15) is 17.5 Å². The van der Waals surface area contributed by atoms with Crippen LogP contribution in [0.4, 0.5) is 11.6 Å². The van der Waals surface area contributed by atoms with Gasteiger partial charge in [-0.3, -0.25) is 0 Å². The van der Waals surface area contributed by atoms with E-state index in [2.05, 4.69) is 55.3 Å². The Labute approximate surface area is 128 Å². The van der Waals surface area contributed by atoms with E-state index in [1.165, 1.54) is 6.42 Å². The topological polar surface area (TPSA) is 53.1 Å². The first-order valence-corrected chi connectivity index (χ1v) is 7.97. The average molecular weight is 291 g/mol. The van der Waals surface area contributed by atoms with Gasteiger partial charge >= 0.3 is 0 Å². The molecule has 0 aromatic carbocycles. The molecule has 0 radical (unpaired) electrons. The third-order valence-electron chi connectivity index (χ3n) is 3.70. The zero-order valence-electron chi connectivity index (χ0n) is 14.0. The van der Waals surface area contributed by atoms with Gasteiger partial charge in [-0.2, -0.15) is 0 Å². The monoisotopic (exact) mass is 291 g/mol. The van der Waals surface area contributed by atoms with E-state index >= 15 is 0 Å². The Kier molecular flexibility index (Phi) is 5.04. The second-order valence-corrected chi connectivity index (χ2v) is 7.03. The van der Waals surface area contributed by atoms with Crippen LogP contribution in [0.2, 0.25) is 0 Å². The third-order valence-corrected chi connectivity index (χ3v) is 3.70. The summed E-state index contributed by atoms with van der Waals surface area (Å²) in [7, 11) is 2.16. The summed E-state index contributed by atoms with van der Waals surface area (Å²) in [5.74, 6) is 2.75. The SMILES string of the molecule is CCCNc1cc(NC2CCN(C)C2)nc(C(C)(C)C)n1. The fourth-order valence-electron chi connectivity index (χ4n) is 2.46. The molecule has 1 unspecified atom stereocenters. The molecule has 2 rings (SSSR count). The molecular weight excluding hydrogens is 262 g/mol. The fraction of sp³-hybridized carbons (Fsp3) is 0.750. The Morgan fingerprint density at radius 3 is 2.57 bits per heavy atom. The molecule has 118 valence electrons. The van der Waals surface area contributed by atoms with Crippen LogP contribution >= 0.6 is 0 Å². The molecule has 5 heteroatoms. The summed E-state index contributed by atoms with van der Waals surface area (Å²) in [6.45, 7) is 11.8. The zero-order chi connectivity index (χ0) is 15.5. The molecule has 1 saturated heterocycles. The summed E-state index contributed by atoms with van der Waals surface area (Å²) in [5, 5.41) is 6.95. The average Bonchev–Trinajstić information content (AvgIpc) is 2.80. The number of likely N-dealkylation sites (tertiary alicyclic amines) is 1. The van der Waals surface area contributed by atoms with Crippen LogP contribution in [0, 0.1) is 0 Å². The number of hydrogen-bond donors (Lipinski definition) is 2. The molecule has 1 aromatic heterocycles. The molecule has 0 spiro atoms. The summed E-state index contributed by atoms with van der Waals surface area (Å²) in [6.07, 6.45) is 2.26. The Bertz CT molecular complexity index is 466. The number of anilines is 2. The van der Waals surface area contributed by atoms with E-state index < -0.39 is 0 Å². The minimum atomic E-state index is -0.0488. The fourth-order valence-corrected chi connectivity index (χ4v) is 2.46. The molecular formula is C16H29N5. The van der Waals surface area contributed by atoms with Crippen molar-refractivity contribution in [2.45, 2.75) is 52.0 Å². The van der Waals surface area contributed by atoms with Crippen LogP contribution < -0.4 is 10.6 Å². The van der Waals surface area contributed by atoms with Crippen molar-refractivity contribution in [2.75, 3.05) is 37.3 Å². The highest BCUT2D eigenvalue weighted by atomic mass is 15.2. The molecule has 1 aliphatic heterocycles. The first-order valence-electron chi connectivity index (χ1n) is 7.97. The number of nitrogens with one attached hydrogen (secondary N) is 2. The van der Waals surface area contributed by atoms with Gasteiger partial charge in [-0.05, 0) is 26.4 Å². The highest BCUT2D eigenvalue weighted by Gasteiger charge is 2.22. The van der Waals surface area contributed by atoms with Crippen LogP contribution in [0.1, 0.15) is 46.4 Å². The van der Waals surface area contributed by atoms with Gasteiger partial charge in [-0.25, -0.2) is 9.97 Å². The van der Waals surface area contributed by atoms with Crippen LogP contribution in [-0.2, 0) is 5.41 Å². The van der Waals surface area contributed by atoms with E-state index in [1.807, 2.05) is 6.07 Å². The minimum absolute atomic E-state index is 0.0488.